The maximum Gasteiger partial charge on any atom is 0.165 e. The molecule has 100 valence electrons. The van der Waals surface area contributed by atoms with Gasteiger partial charge in [-0.15, -0.1) is 0 Å². The lowest BCUT2D eigenvalue weighted by atomic mass is 10.2. The molecule has 18 heavy (non-hydrogen) atoms. The highest BCUT2D eigenvalue weighted by molar-refractivity contribution is 5.27. The zero-order valence-corrected chi connectivity index (χ0v) is 10.5. The lowest BCUT2D eigenvalue weighted by Gasteiger charge is -2.30. The average Bonchev–Trinajstić information content (AvgIpc) is 2.34. The van der Waals surface area contributed by atoms with E-state index in [1.54, 1.807) is 6.07 Å². The van der Waals surface area contributed by atoms with Crippen LogP contribution in [0.5, 0.6) is 5.75 Å². The molecule has 0 saturated carbocycles. The van der Waals surface area contributed by atoms with Gasteiger partial charge in [-0.2, -0.15) is 0 Å². The number of rotatable bonds is 4. The van der Waals surface area contributed by atoms with Gasteiger partial charge >= 0.3 is 0 Å². The van der Waals surface area contributed by atoms with Gasteiger partial charge in [0.25, 0.3) is 0 Å². The van der Waals surface area contributed by atoms with E-state index in [2.05, 4.69) is 17.3 Å². The van der Waals surface area contributed by atoms with E-state index in [4.69, 9.17) is 9.84 Å². The number of morpholine rings is 1. The number of nitrogens with zero attached hydrogens (tertiary/aromatic N) is 1. The molecule has 2 N–H and O–H groups in total. The number of hydrogen-bond acceptors (Lipinski definition) is 4. The van der Waals surface area contributed by atoms with Gasteiger partial charge in [-0.1, -0.05) is 6.07 Å². The molecule has 0 bridgehead atoms. The Hall–Kier alpha value is -1.17. The molecule has 0 aliphatic carbocycles. The summed E-state index contributed by atoms with van der Waals surface area (Å²) < 4.78 is 18.7. The van der Waals surface area contributed by atoms with Crippen molar-refractivity contribution in [2.45, 2.75) is 12.6 Å². The molecule has 1 heterocycles. The first kappa shape index (κ1) is 13.3. The van der Waals surface area contributed by atoms with E-state index in [-0.39, 0.29) is 11.9 Å². The SMILES string of the molecule is CN1CCOC(CNCc2ccc(O)c(F)c2)C1. The Balaban J connectivity index is 1.76. The van der Waals surface area contributed by atoms with Crippen LogP contribution in [0.15, 0.2) is 18.2 Å². The van der Waals surface area contributed by atoms with E-state index < -0.39 is 5.82 Å². The molecule has 1 aliphatic rings. The monoisotopic (exact) mass is 254 g/mol. The standard InChI is InChI=1S/C13H19FN2O2/c1-16-4-5-18-11(9-16)8-15-7-10-2-3-13(17)12(14)6-10/h2-3,6,11,15,17H,4-5,7-9H2,1H3. The van der Waals surface area contributed by atoms with Crippen molar-refractivity contribution in [1.82, 2.24) is 10.2 Å². The summed E-state index contributed by atoms with van der Waals surface area (Å²) in [5.41, 5.74) is 0.814. The number of ether oxygens (including phenoxy) is 1. The molecular weight excluding hydrogens is 235 g/mol. The van der Waals surface area contributed by atoms with E-state index in [1.165, 1.54) is 12.1 Å². The topological polar surface area (TPSA) is 44.7 Å². The number of likely N-dealkylation sites (N-methyl/N-ethyl adjacent to an activating group) is 1. The molecule has 1 aromatic carbocycles. The molecule has 0 aromatic heterocycles. The second-order valence-electron chi connectivity index (χ2n) is 4.67. The van der Waals surface area contributed by atoms with Gasteiger partial charge in [-0.05, 0) is 24.7 Å². The van der Waals surface area contributed by atoms with E-state index in [9.17, 15) is 4.39 Å². The second-order valence-corrected chi connectivity index (χ2v) is 4.67. The lowest BCUT2D eigenvalue weighted by Crippen LogP contribution is -2.44. The third-order valence-corrected chi connectivity index (χ3v) is 3.06. The zero-order valence-electron chi connectivity index (χ0n) is 10.5. The van der Waals surface area contributed by atoms with Crippen LogP contribution in [0, 0.1) is 5.82 Å². The van der Waals surface area contributed by atoms with Crippen LogP contribution in [0.1, 0.15) is 5.56 Å². The summed E-state index contributed by atoms with van der Waals surface area (Å²) >= 11 is 0. The van der Waals surface area contributed by atoms with Crippen molar-refractivity contribution < 1.29 is 14.2 Å². The second kappa shape index (κ2) is 6.13. The average molecular weight is 254 g/mol. The van der Waals surface area contributed by atoms with Crippen LogP contribution in [-0.2, 0) is 11.3 Å². The summed E-state index contributed by atoms with van der Waals surface area (Å²) in [5, 5.41) is 12.3. The highest BCUT2D eigenvalue weighted by atomic mass is 19.1. The van der Waals surface area contributed by atoms with Gasteiger partial charge in [-0.25, -0.2) is 4.39 Å². The normalized spacial score (nSPS) is 21.1. The molecule has 5 heteroatoms. The Kier molecular flexibility index (Phi) is 4.52. The van der Waals surface area contributed by atoms with E-state index >= 15 is 0 Å². The van der Waals surface area contributed by atoms with Crippen molar-refractivity contribution in [1.29, 1.82) is 0 Å². The van der Waals surface area contributed by atoms with Gasteiger partial charge in [0.2, 0.25) is 0 Å². The van der Waals surface area contributed by atoms with Crippen molar-refractivity contribution >= 4 is 0 Å². The predicted molar refractivity (Wildman–Crippen MR) is 67.0 cm³/mol. The van der Waals surface area contributed by atoms with Gasteiger partial charge in [-0.3, -0.25) is 0 Å². The number of aromatic hydroxyl groups is 1. The Labute approximate surface area is 106 Å². The first-order valence-electron chi connectivity index (χ1n) is 6.13. The number of nitrogens with one attached hydrogen (secondary N) is 1. The summed E-state index contributed by atoms with van der Waals surface area (Å²) in [5.74, 6) is -0.890. The molecule has 0 amide bonds. The summed E-state index contributed by atoms with van der Waals surface area (Å²) in [6.45, 7) is 3.96. The predicted octanol–water partition coefficient (Wildman–Crippen LogP) is 0.951. The molecule has 1 unspecified atom stereocenters. The number of benzene rings is 1. The Morgan fingerprint density at radius 3 is 3.11 bits per heavy atom. The molecule has 4 nitrogen and oxygen atoms in total. The largest absolute Gasteiger partial charge is 0.505 e. The Morgan fingerprint density at radius 1 is 1.56 bits per heavy atom. The molecule has 2 rings (SSSR count). The zero-order chi connectivity index (χ0) is 13.0. The van der Waals surface area contributed by atoms with Gasteiger partial charge in [0.15, 0.2) is 11.6 Å². The minimum atomic E-state index is -0.581. The number of halogens is 1. The first-order valence-corrected chi connectivity index (χ1v) is 6.13. The van der Waals surface area contributed by atoms with E-state index in [0.29, 0.717) is 6.54 Å². The fourth-order valence-electron chi connectivity index (χ4n) is 2.03. The summed E-state index contributed by atoms with van der Waals surface area (Å²) in [4.78, 5) is 2.23. The summed E-state index contributed by atoms with van der Waals surface area (Å²) in [6.07, 6.45) is 0.186. The number of phenolic OH excluding ortho intramolecular Hbond substituents is 1. The van der Waals surface area contributed by atoms with Crippen LogP contribution in [0.2, 0.25) is 0 Å². The Morgan fingerprint density at radius 2 is 2.39 bits per heavy atom. The molecule has 1 saturated heterocycles. The summed E-state index contributed by atoms with van der Waals surface area (Å²) in [7, 11) is 2.07. The molecule has 1 aromatic rings. The lowest BCUT2D eigenvalue weighted by molar-refractivity contribution is -0.0182. The Bertz CT molecular complexity index is 401. The molecular formula is C13H19FN2O2. The van der Waals surface area contributed by atoms with Crippen LogP contribution in [0.25, 0.3) is 0 Å². The van der Waals surface area contributed by atoms with Crippen LogP contribution in [0.3, 0.4) is 0 Å². The number of phenols is 1. The quantitative estimate of drug-likeness (QED) is 0.840. The first-order chi connectivity index (χ1) is 8.65. The molecule has 0 radical (unpaired) electrons. The van der Waals surface area contributed by atoms with Crippen LogP contribution in [0.4, 0.5) is 4.39 Å². The molecule has 1 atom stereocenters. The smallest absolute Gasteiger partial charge is 0.165 e. The fourth-order valence-corrected chi connectivity index (χ4v) is 2.03. The minimum absolute atomic E-state index is 0.186. The third-order valence-electron chi connectivity index (χ3n) is 3.06. The van der Waals surface area contributed by atoms with Crippen molar-refractivity contribution in [3.8, 4) is 5.75 Å². The van der Waals surface area contributed by atoms with Crippen molar-refractivity contribution in [2.24, 2.45) is 0 Å². The van der Waals surface area contributed by atoms with Crippen LogP contribution in [-0.4, -0.2) is 49.4 Å². The van der Waals surface area contributed by atoms with Crippen LogP contribution < -0.4 is 5.32 Å². The van der Waals surface area contributed by atoms with Crippen LogP contribution >= 0.6 is 0 Å². The van der Waals surface area contributed by atoms with Gasteiger partial charge in [0, 0.05) is 26.2 Å². The van der Waals surface area contributed by atoms with Gasteiger partial charge in [0.05, 0.1) is 12.7 Å². The highest BCUT2D eigenvalue weighted by Gasteiger charge is 2.16. The molecule has 1 fully saturated rings. The van der Waals surface area contributed by atoms with E-state index in [0.717, 1.165) is 31.8 Å². The fraction of sp³-hybridized carbons (Fsp3) is 0.538. The maximum absolute atomic E-state index is 13.1. The maximum atomic E-state index is 13.1. The van der Waals surface area contributed by atoms with E-state index in [1.807, 2.05) is 0 Å². The van der Waals surface area contributed by atoms with Crippen molar-refractivity contribution in [3.63, 3.8) is 0 Å². The number of hydrogen-bond donors (Lipinski definition) is 2. The third kappa shape index (κ3) is 3.66. The van der Waals surface area contributed by atoms with Gasteiger partial charge < -0.3 is 20.1 Å². The summed E-state index contributed by atoms with van der Waals surface area (Å²) in [6, 6.07) is 4.42. The van der Waals surface area contributed by atoms with Crippen molar-refractivity contribution in [3.05, 3.63) is 29.6 Å². The minimum Gasteiger partial charge on any atom is -0.505 e. The van der Waals surface area contributed by atoms with Crippen molar-refractivity contribution in [2.75, 3.05) is 33.3 Å². The highest BCUT2D eigenvalue weighted by Crippen LogP contribution is 2.15. The molecule has 0 spiro atoms. The van der Waals surface area contributed by atoms with Gasteiger partial charge in [0.1, 0.15) is 0 Å². The molecule has 1 aliphatic heterocycles.